The van der Waals surface area contributed by atoms with E-state index in [-0.39, 0.29) is 5.82 Å². The number of hydrogen-bond donors (Lipinski definition) is 0. The fourth-order valence-electron chi connectivity index (χ4n) is 4.15. The van der Waals surface area contributed by atoms with E-state index >= 15 is 0 Å². The molecule has 5 nitrogen and oxygen atoms in total. The Balaban J connectivity index is 1.56. The number of hydrogen-bond acceptors (Lipinski definition) is 5. The minimum Gasteiger partial charge on any atom is -0.496 e. The molecule has 6 heteroatoms. The van der Waals surface area contributed by atoms with E-state index in [1.54, 1.807) is 21.3 Å². The summed E-state index contributed by atoms with van der Waals surface area (Å²) in [7, 11) is 7.12. The van der Waals surface area contributed by atoms with Crippen LogP contribution in [0.15, 0.2) is 36.4 Å². The van der Waals surface area contributed by atoms with Crippen LogP contribution in [0, 0.1) is 5.82 Å². The van der Waals surface area contributed by atoms with E-state index in [0.717, 1.165) is 56.1 Å². The summed E-state index contributed by atoms with van der Waals surface area (Å²) in [4.78, 5) is 4.89. The molecule has 0 unspecified atom stereocenters. The summed E-state index contributed by atoms with van der Waals surface area (Å²) in [6, 6.07) is 11.4. The smallest absolute Gasteiger partial charge is 0.160 e. The molecule has 0 aromatic heterocycles. The summed E-state index contributed by atoms with van der Waals surface area (Å²) in [6.07, 6.45) is 3.31. The van der Waals surface area contributed by atoms with E-state index in [1.165, 1.54) is 24.1 Å². The molecule has 2 aromatic rings. The van der Waals surface area contributed by atoms with Crippen LogP contribution in [0.1, 0.15) is 24.0 Å². The molecule has 0 amide bonds. The lowest BCUT2D eigenvalue weighted by Crippen LogP contribution is -2.46. The van der Waals surface area contributed by atoms with E-state index in [0.29, 0.717) is 11.8 Å². The number of likely N-dealkylation sites (N-methyl/N-ethyl adjacent to an activating group) is 1. The SMILES string of the molecule is COc1cc(F)ccc1CN1CCC[C@@H](N(C)CCc2ccc(OC)c(OC)c2)C1. The summed E-state index contributed by atoms with van der Waals surface area (Å²) in [5, 5.41) is 0. The zero-order valence-corrected chi connectivity index (χ0v) is 18.5. The first kappa shape index (κ1) is 22.4. The zero-order chi connectivity index (χ0) is 21.5. The second-order valence-corrected chi connectivity index (χ2v) is 7.91. The van der Waals surface area contributed by atoms with Gasteiger partial charge in [-0.2, -0.15) is 0 Å². The monoisotopic (exact) mass is 416 g/mol. The summed E-state index contributed by atoms with van der Waals surface area (Å²) < 4.78 is 29.6. The van der Waals surface area contributed by atoms with Gasteiger partial charge in [-0.25, -0.2) is 4.39 Å². The number of benzene rings is 2. The number of rotatable bonds is 9. The van der Waals surface area contributed by atoms with Gasteiger partial charge in [-0.3, -0.25) is 4.90 Å². The highest BCUT2D eigenvalue weighted by atomic mass is 19.1. The fraction of sp³-hybridized carbons (Fsp3) is 0.500. The van der Waals surface area contributed by atoms with Gasteiger partial charge in [0.15, 0.2) is 11.5 Å². The van der Waals surface area contributed by atoms with Crippen molar-refractivity contribution in [2.45, 2.75) is 31.8 Å². The third-order valence-corrected chi connectivity index (χ3v) is 5.95. The largest absolute Gasteiger partial charge is 0.496 e. The Kier molecular flexibility index (Phi) is 7.94. The molecule has 0 aliphatic carbocycles. The van der Waals surface area contributed by atoms with Crippen LogP contribution >= 0.6 is 0 Å². The van der Waals surface area contributed by atoms with Gasteiger partial charge in [0.1, 0.15) is 11.6 Å². The molecule has 0 saturated carbocycles. The molecule has 3 rings (SSSR count). The number of halogens is 1. The third kappa shape index (κ3) is 5.64. The molecule has 1 atom stereocenters. The molecule has 0 bridgehead atoms. The molecular formula is C24H33FN2O3. The number of ether oxygens (including phenoxy) is 3. The average Bonchev–Trinajstić information content (AvgIpc) is 2.78. The van der Waals surface area contributed by atoms with Gasteiger partial charge in [0.05, 0.1) is 21.3 Å². The Hall–Kier alpha value is -2.31. The van der Waals surface area contributed by atoms with Gasteiger partial charge in [-0.05, 0) is 56.6 Å². The van der Waals surface area contributed by atoms with Gasteiger partial charge < -0.3 is 19.1 Å². The maximum atomic E-state index is 13.5. The molecule has 164 valence electrons. The van der Waals surface area contributed by atoms with Crippen LogP contribution in [0.2, 0.25) is 0 Å². The van der Waals surface area contributed by atoms with Crippen molar-refractivity contribution in [1.29, 1.82) is 0 Å². The van der Waals surface area contributed by atoms with Gasteiger partial charge in [-0.1, -0.05) is 12.1 Å². The highest BCUT2D eigenvalue weighted by molar-refractivity contribution is 5.43. The van der Waals surface area contributed by atoms with Crippen molar-refractivity contribution in [3.8, 4) is 17.2 Å². The number of likely N-dealkylation sites (tertiary alicyclic amines) is 1. The Morgan fingerprint density at radius 2 is 1.77 bits per heavy atom. The Morgan fingerprint density at radius 1 is 1.00 bits per heavy atom. The minimum atomic E-state index is -0.262. The number of nitrogens with zero attached hydrogens (tertiary/aromatic N) is 2. The predicted octanol–water partition coefficient (Wildman–Crippen LogP) is 3.99. The van der Waals surface area contributed by atoms with Gasteiger partial charge in [-0.15, -0.1) is 0 Å². The normalized spacial score (nSPS) is 17.2. The van der Waals surface area contributed by atoms with E-state index < -0.39 is 0 Å². The molecule has 1 aliphatic heterocycles. The van der Waals surface area contributed by atoms with Crippen LogP contribution in [0.3, 0.4) is 0 Å². The van der Waals surface area contributed by atoms with E-state index in [4.69, 9.17) is 14.2 Å². The first-order valence-electron chi connectivity index (χ1n) is 10.5. The molecule has 1 heterocycles. The van der Waals surface area contributed by atoms with Crippen molar-refractivity contribution < 1.29 is 18.6 Å². The number of methoxy groups -OCH3 is 3. The van der Waals surface area contributed by atoms with Crippen molar-refractivity contribution in [1.82, 2.24) is 9.80 Å². The first-order chi connectivity index (χ1) is 14.5. The highest BCUT2D eigenvalue weighted by Crippen LogP contribution is 2.28. The van der Waals surface area contributed by atoms with Gasteiger partial charge in [0.2, 0.25) is 0 Å². The molecule has 30 heavy (non-hydrogen) atoms. The second kappa shape index (κ2) is 10.6. The second-order valence-electron chi connectivity index (χ2n) is 7.91. The van der Waals surface area contributed by atoms with Crippen molar-refractivity contribution in [2.75, 3.05) is 48.0 Å². The fourth-order valence-corrected chi connectivity index (χ4v) is 4.15. The highest BCUT2D eigenvalue weighted by Gasteiger charge is 2.24. The van der Waals surface area contributed by atoms with E-state index in [1.807, 2.05) is 12.1 Å². The summed E-state index contributed by atoms with van der Waals surface area (Å²) in [5.74, 6) is 1.89. The van der Waals surface area contributed by atoms with Crippen LogP contribution in [-0.4, -0.2) is 63.9 Å². The van der Waals surface area contributed by atoms with Gasteiger partial charge >= 0.3 is 0 Å². The Morgan fingerprint density at radius 3 is 2.50 bits per heavy atom. The molecule has 2 aromatic carbocycles. The average molecular weight is 417 g/mol. The molecule has 1 fully saturated rings. The first-order valence-corrected chi connectivity index (χ1v) is 10.5. The van der Waals surface area contributed by atoms with E-state index in [9.17, 15) is 4.39 Å². The summed E-state index contributed by atoms with van der Waals surface area (Å²) in [6.45, 7) is 3.82. The molecule has 0 N–H and O–H groups in total. The lowest BCUT2D eigenvalue weighted by Gasteiger charge is -2.38. The Bertz CT molecular complexity index is 830. The molecule has 1 saturated heterocycles. The van der Waals surface area contributed by atoms with Crippen molar-refractivity contribution in [3.05, 3.63) is 53.3 Å². The zero-order valence-electron chi connectivity index (χ0n) is 18.5. The molecular weight excluding hydrogens is 383 g/mol. The number of piperidine rings is 1. The molecule has 0 spiro atoms. The molecule has 0 radical (unpaired) electrons. The van der Waals surface area contributed by atoms with Gasteiger partial charge in [0.25, 0.3) is 0 Å². The van der Waals surface area contributed by atoms with Crippen molar-refractivity contribution in [2.24, 2.45) is 0 Å². The summed E-state index contributed by atoms with van der Waals surface area (Å²) >= 11 is 0. The minimum absolute atomic E-state index is 0.262. The Labute approximate surface area is 179 Å². The van der Waals surface area contributed by atoms with Crippen molar-refractivity contribution in [3.63, 3.8) is 0 Å². The lowest BCUT2D eigenvalue weighted by atomic mass is 10.0. The van der Waals surface area contributed by atoms with Crippen molar-refractivity contribution >= 4 is 0 Å². The summed E-state index contributed by atoms with van der Waals surface area (Å²) in [5.41, 5.74) is 2.27. The van der Waals surface area contributed by atoms with E-state index in [2.05, 4.69) is 29.0 Å². The third-order valence-electron chi connectivity index (χ3n) is 5.95. The quantitative estimate of drug-likeness (QED) is 0.618. The maximum absolute atomic E-state index is 13.5. The molecule has 1 aliphatic rings. The van der Waals surface area contributed by atoms with Gasteiger partial charge in [0, 0.05) is 37.3 Å². The maximum Gasteiger partial charge on any atom is 0.160 e. The van der Waals surface area contributed by atoms with Crippen LogP contribution in [0.25, 0.3) is 0 Å². The predicted molar refractivity (Wildman–Crippen MR) is 117 cm³/mol. The van der Waals surface area contributed by atoms with Crippen LogP contribution in [-0.2, 0) is 13.0 Å². The van der Waals surface area contributed by atoms with Crippen LogP contribution in [0.4, 0.5) is 4.39 Å². The van der Waals surface area contributed by atoms with Crippen LogP contribution in [0.5, 0.6) is 17.2 Å². The standard InChI is InChI=1S/C24H33FN2O3/c1-26(13-11-18-7-10-22(28-2)24(14-18)30-4)21-6-5-12-27(17-21)16-19-8-9-20(25)15-23(19)29-3/h7-10,14-15,21H,5-6,11-13,16-17H2,1-4H3/t21-/m1/s1. The lowest BCUT2D eigenvalue weighted by molar-refractivity contribution is 0.111. The van der Waals surface area contributed by atoms with Crippen LogP contribution < -0.4 is 14.2 Å². The topological polar surface area (TPSA) is 34.2 Å².